The smallest absolute Gasteiger partial charge is 0.345 e. The van der Waals surface area contributed by atoms with E-state index in [1.807, 2.05) is 6.92 Å². The van der Waals surface area contributed by atoms with E-state index in [9.17, 15) is 4.79 Å². The molecule has 22 heavy (non-hydrogen) atoms. The van der Waals surface area contributed by atoms with Gasteiger partial charge in [-0.05, 0) is 32.7 Å². The molecule has 0 aliphatic carbocycles. The van der Waals surface area contributed by atoms with E-state index in [-0.39, 0.29) is 30.5 Å². The molecule has 0 amide bonds. The van der Waals surface area contributed by atoms with Crippen LogP contribution in [0, 0.1) is 0 Å². The van der Waals surface area contributed by atoms with Crippen molar-refractivity contribution < 1.29 is 4.74 Å². The average Bonchev–Trinajstić information content (AvgIpc) is 2.81. The van der Waals surface area contributed by atoms with Crippen molar-refractivity contribution in [1.29, 1.82) is 0 Å². The second kappa shape index (κ2) is 11.0. The first-order valence-electron chi connectivity index (χ1n) is 7.73. The van der Waals surface area contributed by atoms with Crippen molar-refractivity contribution in [1.82, 2.24) is 19.7 Å². The summed E-state index contributed by atoms with van der Waals surface area (Å²) in [6.45, 7) is 8.58. The van der Waals surface area contributed by atoms with Crippen LogP contribution in [-0.2, 0) is 17.8 Å². The molecule has 1 aliphatic rings. The minimum absolute atomic E-state index is 0. The molecule has 0 spiro atoms. The van der Waals surface area contributed by atoms with Crippen LogP contribution in [0.5, 0.6) is 0 Å². The van der Waals surface area contributed by atoms with Crippen LogP contribution < -0.4 is 11.0 Å². The fourth-order valence-corrected chi connectivity index (χ4v) is 2.67. The number of ether oxygens (including phenoxy) is 1. The fraction of sp³-hybridized carbons (Fsp3) is 0.857. The summed E-state index contributed by atoms with van der Waals surface area (Å²) in [5.74, 6) is 1.29. The highest BCUT2D eigenvalue weighted by molar-refractivity contribution is 5.85. The van der Waals surface area contributed by atoms with E-state index in [2.05, 4.69) is 17.3 Å². The van der Waals surface area contributed by atoms with Gasteiger partial charge >= 0.3 is 5.69 Å². The summed E-state index contributed by atoms with van der Waals surface area (Å²) in [7, 11) is 0. The largest absolute Gasteiger partial charge is 0.380 e. The van der Waals surface area contributed by atoms with E-state index in [0.717, 1.165) is 44.8 Å². The molecule has 1 saturated heterocycles. The minimum Gasteiger partial charge on any atom is -0.380 e. The molecule has 130 valence electrons. The van der Waals surface area contributed by atoms with Gasteiger partial charge in [0.05, 0.1) is 13.2 Å². The van der Waals surface area contributed by atoms with Crippen molar-refractivity contribution in [2.24, 2.45) is 0 Å². The van der Waals surface area contributed by atoms with Gasteiger partial charge in [-0.1, -0.05) is 6.92 Å². The summed E-state index contributed by atoms with van der Waals surface area (Å²) in [4.78, 5) is 12.3. The van der Waals surface area contributed by atoms with E-state index in [1.165, 1.54) is 0 Å². The third kappa shape index (κ3) is 5.26. The monoisotopic (exact) mass is 354 g/mol. The molecule has 8 heteroatoms. The van der Waals surface area contributed by atoms with Gasteiger partial charge in [-0.2, -0.15) is 5.10 Å². The van der Waals surface area contributed by atoms with Crippen LogP contribution in [0.1, 0.15) is 44.9 Å². The van der Waals surface area contributed by atoms with E-state index >= 15 is 0 Å². The van der Waals surface area contributed by atoms with Crippen LogP contribution in [0.15, 0.2) is 4.79 Å². The number of hydrogen-bond donors (Lipinski definition) is 1. The lowest BCUT2D eigenvalue weighted by molar-refractivity contribution is 0.123. The molecule has 1 aromatic rings. The lowest BCUT2D eigenvalue weighted by atomic mass is 9.99. The number of aromatic nitrogens is 3. The molecular weight excluding hydrogens is 327 g/mol. The van der Waals surface area contributed by atoms with Crippen LogP contribution in [0.2, 0.25) is 0 Å². The maximum Gasteiger partial charge on any atom is 0.345 e. The molecule has 1 aliphatic heterocycles. The Labute approximate surface area is 144 Å². The summed E-state index contributed by atoms with van der Waals surface area (Å²) in [6, 6.07) is 0. The Balaban J connectivity index is 0.00000220. The van der Waals surface area contributed by atoms with E-state index in [4.69, 9.17) is 4.74 Å². The molecule has 0 saturated carbocycles. The Morgan fingerprint density at radius 2 is 2.09 bits per heavy atom. The Hall–Kier alpha value is -0.560. The zero-order valence-corrected chi connectivity index (χ0v) is 15.0. The van der Waals surface area contributed by atoms with Gasteiger partial charge in [-0.3, -0.25) is 4.57 Å². The minimum atomic E-state index is -0.00632. The summed E-state index contributed by atoms with van der Waals surface area (Å²) in [6.07, 6.45) is 3.25. The molecule has 0 aromatic carbocycles. The molecule has 1 fully saturated rings. The van der Waals surface area contributed by atoms with Gasteiger partial charge in [0.15, 0.2) is 0 Å². The molecule has 0 radical (unpaired) electrons. The molecule has 6 nitrogen and oxygen atoms in total. The van der Waals surface area contributed by atoms with Crippen molar-refractivity contribution in [2.75, 3.05) is 26.3 Å². The van der Waals surface area contributed by atoms with Gasteiger partial charge in [-0.25, -0.2) is 9.48 Å². The first kappa shape index (κ1) is 21.4. The van der Waals surface area contributed by atoms with E-state index < -0.39 is 0 Å². The fourth-order valence-electron chi connectivity index (χ4n) is 2.67. The highest BCUT2D eigenvalue weighted by Crippen LogP contribution is 2.20. The van der Waals surface area contributed by atoms with Crippen molar-refractivity contribution in [2.45, 2.75) is 52.1 Å². The molecule has 1 unspecified atom stereocenters. The normalized spacial score (nSPS) is 17.6. The average molecular weight is 355 g/mol. The molecular formula is C14H28Cl2N4O2. The number of hydrogen-bond acceptors (Lipinski definition) is 4. The molecule has 1 atom stereocenters. The van der Waals surface area contributed by atoms with Gasteiger partial charge in [0.2, 0.25) is 0 Å². The van der Waals surface area contributed by atoms with Gasteiger partial charge in [0, 0.05) is 25.6 Å². The molecule has 2 heterocycles. The lowest BCUT2D eigenvalue weighted by Gasteiger charge is -2.21. The molecule has 1 aromatic heterocycles. The van der Waals surface area contributed by atoms with Crippen LogP contribution >= 0.6 is 24.8 Å². The summed E-state index contributed by atoms with van der Waals surface area (Å²) >= 11 is 0. The highest BCUT2D eigenvalue weighted by Gasteiger charge is 2.23. The Bertz CT molecular complexity index is 470. The van der Waals surface area contributed by atoms with Gasteiger partial charge < -0.3 is 10.1 Å². The predicted molar refractivity (Wildman–Crippen MR) is 92.6 cm³/mol. The maximum absolute atomic E-state index is 12.3. The standard InChI is InChI=1S/C14H26N4O2.2ClH/c1-3-9-20-10-8-18-14(19)17(4-2)13(16-18)12-6-5-7-15-11-12;;/h12,15H,3-11H2,1-2H3;2*1H. The highest BCUT2D eigenvalue weighted by atomic mass is 35.5. The topological polar surface area (TPSA) is 61.1 Å². The summed E-state index contributed by atoms with van der Waals surface area (Å²) < 4.78 is 8.81. The van der Waals surface area contributed by atoms with Gasteiger partial charge in [-0.15, -0.1) is 24.8 Å². The van der Waals surface area contributed by atoms with Crippen molar-refractivity contribution in [3.63, 3.8) is 0 Å². The van der Waals surface area contributed by atoms with Crippen molar-refractivity contribution >= 4 is 24.8 Å². The third-order valence-corrected chi connectivity index (χ3v) is 3.73. The quantitative estimate of drug-likeness (QED) is 0.758. The van der Waals surface area contributed by atoms with Gasteiger partial charge in [0.1, 0.15) is 5.82 Å². The number of nitrogens with zero attached hydrogens (tertiary/aromatic N) is 3. The second-order valence-corrected chi connectivity index (χ2v) is 5.26. The number of nitrogens with one attached hydrogen (secondary N) is 1. The lowest BCUT2D eigenvalue weighted by Crippen LogP contribution is -2.31. The number of rotatable bonds is 7. The maximum atomic E-state index is 12.3. The summed E-state index contributed by atoms with van der Waals surface area (Å²) in [5.41, 5.74) is -0.00632. The summed E-state index contributed by atoms with van der Waals surface area (Å²) in [5, 5.41) is 7.93. The Kier molecular flexibility index (Phi) is 10.8. The van der Waals surface area contributed by atoms with Crippen LogP contribution in [0.4, 0.5) is 0 Å². The van der Waals surface area contributed by atoms with Gasteiger partial charge in [0.25, 0.3) is 0 Å². The van der Waals surface area contributed by atoms with E-state index in [0.29, 0.717) is 25.6 Å². The number of halogens is 2. The first-order chi connectivity index (χ1) is 9.77. The Morgan fingerprint density at radius 1 is 1.32 bits per heavy atom. The van der Waals surface area contributed by atoms with Crippen LogP contribution in [0.3, 0.4) is 0 Å². The van der Waals surface area contributed by atoms with Crippen LogP contribution in [0.25, 0.3) is 0 Å². The molecule has 0 bridgehead atoms. The third-order valence-electron chi connectivity index (χ3n) is 3.73. The zero-order chi connectivity index (χ0) is 14.4. The molecule has 1 N–H and O–H groups in total. The SMILES string of the molecule is CCCOCCn1nc(C2CCCNC2)n(CC)c1=O.Cl.Cl. The predicted octanol–water partition coefficient (Wildman–Crippen LogP) is 1.80. The van der Waals surface area contributed by atoms with Crippen molar-refractivity contribution in [3.05, 3.63) is 16.3 Å². The van der Waals surface area contributed by atoms with E-state index in [1.54, 1.807) is 9.25 Å². The van der Waals surface area contributed by atoms with Crippen molar-refractivity contribution in [3.8, 4) is 0 Å². The first-order valence-corrected chi connectivity index (χ1v) is 7.73. The number of piperidine rings is 1. The second-order valence-electron chi connectivity index (χ2n) is 5.26. The molecule has 2 rings (SSSR count). The zero-order valence-electron chi connectivity index (χ0n) is 13.4. The Morgan fingerprint density at radius 3 is 2.68 bits per heavy atom. The van der Waals surface area contributed by atoms with Crippen LogP contribution in [-0.4, -0.2) is 40.7 Å².